The number of nitrogen functional groups attached to an aromatic ring is 1. The van der Waals surface area contributed by atoms with Crippen molar-refractivity contribution in [3.05, 3.63) is 39.4 Å². The fourth-order valence-corrected chi connectivity index (χ4v) is 1.66. The predicted octanol–water partition coefficient (Wildman–Crippen LogP) is 1.39. The highest BCUT2D eigenvalue weighted by molar-refractivity contribution is 7.71. The summed E-state index contributed by atoms with van der Waals surface area (Å²) in [6.45, 7) is 0. The number of hydrogen-bond acceptors (Lipinski definition) is 4. The number of rotatable bonds is 1. The molecule has 0 fully saturated rings. The van der Waals surface area contributed by atoms with Crippen LogP contribution in [-0.2, 0) is 0 Å². The van der Waals surface area contributed by atoms with Gasteiger partial charge in [0, 0.05) is 5.56 Å². The lowest BCUT2D eigenvalue weighted by atomic mass is 10.1. The summed E-state index contributed by atoms with van der Waals surface area (Å²) in [5.74, 6) is 0.125. The van der Waals surface area contributed by atoms with E-state index in [1.54, 1.807) is 18.2 Å². The highest BCUT2D eigenvalue weighted by Crippen LogP contribution is 2.28. The van der Waals surface area contributed by atoms with Gasteiger partial charge in [0.1, 0.15) is 11.6 Å². The van der Waals surface area contributed by atoms with Crippen LogP contribution < -0.4 is 11.3 Å². The number of H-pyrrole nitrogens is 2. The average molecular weight is 235 g/mol. The van der Waals surface area contributed by atoms with Gasteiger partial charge in [0.15, 0.2) is 4.77 Å². The topological polar surface area (TPSA) is 94.9 Å². The lowest BCUT2D eigenvalue weighted by molar-refractivity contribution is 0.477. The number of hydrogen-bond donors (Lipinski definition) is 4. The Labute approximate surface area is 95.6 Å². The molecule has 0 bridgehead atoms. The van der Waals surface area contributed by atoms with Gasteiger partial charge in [-0.25, -0.2) is 0 Å². The van der Waals surface area contributed by atoms with E-state index in [-0.39, 0.29) is 21.9 Å². The number of anilines is 1. The number of phenolic OH excluding ortho intramolecular Hbond substituents is 1. The summed E-state index contributed by atoms with van der Waals surface area (Å²) in [7, 11) is 0. The Morgan fingerprint density at radius 2 is 1.94 bits per heavy atom. The number of benzene rings is 1. The fourth-order valence-electron chi connectivity index (χ4n) is 1.46. The molecule has 0 radical (unpaired) electrons. The first-order chi connectivity index (χ1) is 7.59. The van der Waals surface area contributed by atoms with Gasteiger partial charge in [0.2, 0.25) is 0 Å². The van der Waals surface area contributed by atoms with E-state index < -0.39 is 5.56 Å². The van der Waals surface area contributed by atoms with Gasteiger partial charge in [0.25, 0.3) is 5.56 Å². The zero-order valence-corrected chi connectivity index (χ0v) is 8.97. The van der Waals surface area contributed by atoms with Gasteiger partial charge in [-0.15, -0.1) is 0 Å². The Bertz CT molecular complexity index is 645. The van der Waals surface area contributed by atoms with Crippen molar-refractivity contribution in [2.45, 2.75) is 0 Å². The highest BCUT2D eigenvalue weighted by Gasteiger charge is 2.11. The first-order valence-corrected chi connectivity index (χ1v) is 4.91. The van der Waals surface area contributed by atoms with Crippen LogP contribution >= 0.6 is 12.2 Å². The van der Waals surface area contributed by atoms with Crippen LogP contribution in [0.3, 0.4) is 0 Å². The molecule has 16 heavy (non-hydrogen) atoms. The van der Waals surface area contributed by atoms with Crippen molar-refractivity contribution < 1.29 is 5.11 Å². The van der Waals surface area contributed by atoms with Crippen LogP contribution in [0.1, 0.15) is 0 Å². The summed E-state index contributed by atoms with van der Waals surface area (Å²) in [6.07, 6.45) is 0. The van der Waals surface area contributed by atoms with Crippen molar-refractivity contribution in [3.63, 3.8) is 0 Å². The largest absolute Gasteiger partial charge is 0.507 e. The monoisotopic (exact) mass is 235 g/mol. The molecule has 0 aliphatic carbocycles. The second kappa shape index (κ2) is 3.82. The number of phenols is 1. The van der Waals surface area contributed by atoms with Gasteiger partial charge in [-0.2, -0.15) is 0 Å². The van der Waals surface area contributed by atoms with E-state index >= 15 is 0 Å². The van der Waals surface area contributed by atoms with E-state index in [4.69, 9.17) is 18.0 Å². The van der Waals surface area contributed by atoms with Crippen LogP contribution in [0.25, 0.3) is 11.1 Å². The van der Waals surface area contributed by atoms with Gasteiger partial charge in [0.05, 0.1) is 5.56 Å². The molecule has 0 amide bonds. The Morgan fingerprint density at radius 3 is 2.56 bits per heavy atom. The summed E-state index contributed by atoms with van der Waals surface area (Å²) in [5, 5.41) is 9.63. The number of nitrogens with one attached hydrogen (secondary N) is 2. The molecule has 1 heterocycles. The third-order valence-corrected chi connectivity index (χ3v) is 2.35. The van der Waals surface area contributed by atoms with Crippen LogP contribution in [0.5, 0.6) is 5.75 Å². The molecule has 82 valence electrons. The minimum atomic E-state index is -0.428. The quantitative estimate of drug-likeness (QED) is 0.562. The Morgan fingerprint density at radius 1 is 1.25 bits per heavy atom. The summed E-state index contributed by atoms with van der Waals surface area (Å²) in [4.78, 5) is 16.7. The molecule has 5 nitrogen and oxygen atoms in total. The number of aromatic hydroxyl groups is 1. The zero-order chi connectivity index (χ0) is 11.7. The lowest BCUT2D eigenvalue weighted by Crippen LogP contribution is -2.13. The van der Waals surface area contributed by atoms with Crippen LogP contribution in [0, 0.1) is 4.77 Å². The summed E-state index contributed by atoms with van der Waals surface area (Å²) in [6, 6.07) is 6.45. The van der Waals surface area contributed by atoms with Crippen molar-refractivity contribution in [1.82, 2.24) is 9.97 Å². The smallest absolute Gasteiger partial charge is 0.261 e. The summed E-state index contributed by atoms with van der Waals surface area (Å²) in [5.41, 5.74) is 5.80. The van der Waals surface area contributed by atoms with Crippen molar-refractivity contribution in [2.75, 3.05) is 5.73 Å². The molecule has 6 heteroatoms. The van der Waals surface area contributed by atoms with Gasteiger partial charge in [-0.1, -0.05) is 18.2 Å². The molecule has 2 aromatic rings. The minimum Gasteiger partial charge on any atom is -0.507 e. The number of aromatic nitrogens is 2. The number of nitrogens with two attached hydrogens (primary N) is 1. The Balaban J connectivity index is 2.80. The highest BCUT2D eigenvalue weighted by atomic mass is 32.1. The number of aromatic amines is 2. The van der Waals surface area contributed by atoms with Crippen LogP contribution in [0.15, 0.2) is 29.1 Å². The first kappa shape index (κ1) is 10.4. The molecule has 0 atom stereocenters. The molecule has 0 spiro atoms. The minimum absolute atomic E-state index is 0.00906. The lowest BCUT2D eigenvalue weighted by Gasteiger charge is -2.06. The molecule has 1 aromatic carbocycles. The molecular formula is C10H9N3O2S. The van der Waals surface area contributed by atoms with Crippen molar-refractivity contribution in [2.24, 2.45) is 0 Å². The van der Waals surface area contributed by atoms with E-state index in [0.29, 0.717) is 5.56 Å². The molecule has 0 aliphatic heterocycles. The second-order valence-electron chi connectivity index (χ2n) is 3.21. The maximum atomic E-state index is 11.7. The van der Waals surface area contributed by atoms with Gasteiger partial charge < -0.3 is 15.8 Å². The van der Waals surface area contributed by atoms with E-state index in [1.165, 1.54) is 6.07 Å². The van der Waals surface area contributed by atoms with E-state index in [9.17, 15) is 9.90 Å². The normalized spacial score (nSPS) is 10.2. The number of para-hydroxylation sites is 1. The van der Waals surface area contributed by atoms with E-state index in [2.05, 4.69) is 9.97 Å². The molecule has 2 rings (SSSR count). The van der Waals surface area contributed by atoms with Crippen molar-refractivity contribution >= 4 is 18.0 Å². The van der Waals surface area contributed by atoms with Crippen molar-refractivity contribution in [3.8, 4) is 16.9 Å². The molecule has 0 saturated heterocycles. The molecule has 0 saturated carbocycles. The molecular weight excluding hydrogens is 226 g/mol. The van der Waals surface area contributed by atoms with Gasteiger partial charge in [-0.05, 0) is 18.3 Å². The molecule has 0 aliphatic rings. The van der Waals surface area contributed by atoms with Crippen LogP contribution in [0.2, 0.25) is 0 Å². The Hall–Kier alpha value is -2.08. The standard InChI is InChI=1S/C10H9N3O2S/c11-8-7(9(15)13-10(16)12-8)5-3-1-2-4-6(5)14/h1-4,14H,(H4,11,12,13,15,16). The van der Waals surface area contributed by atoms with E-state index in [0.717, 1.165) is 0 Å². The van der Waals surface area contributed by atoms with Gasteiger partial charge in [-0.3, -0.25) is 9.78 Å². The summed E-state index contributed by atoms with van der Waals surface area (Å²) < 4.78 is 0.154. The fraction of sp³-hybridized carbons (Fsp3) is 0. The molecule has 1 aromatic heterocycles. The van der Waals surface area contributed by atoms with E-state index in [1.807, 2.05) is 0 Å². The predicted molar refractivity (Wildman–Crippen MR) is 63.8 cm³/mol. The summed E-state index contributed by atoms with van der Waals surface area (Å²) >= 11 is 4.78. The Kier molecular flexibility index (Phi) is 2.49. The van der Waals surface area contributed by atoms with Crippen LogP contribution in [-0.4, -0.2) is 15.1 Å². The van der Waals surface area contributed by atoms with Crippen molar-refractivity contribution in [1.29, 1.82) is 0 Å². The molecule has 0 unspecified atom stereocenters. The van der Waals surface area contributed by atoms with Crippen LogP contribution in [0.4, 0.5) is 5.82 Å². The zero-order valence-electron chi connectivity index (χ0n) is 8.15. The third-order valence-electron chi connectivity index (χ3n) is 2.15. The maximum Gasteiger partial charge on any atom is 0.261 e. The molecule has 5 N–H and O–H groups in total. The van der Waals surface area contributed by atoms with Gasteiger partial charge >= 0.3 is 0 Å². The maximum absolute atomic E-state index is 11.7. The third kappa shape index (κ3) is 1.70. The first-order valence-electron chi connectivity index (χ1n) is 4.50. The average Bonchev–Trinajstić information content (AvgIpc) is 2.19. The SMILES string of the molecule is Nc1[nH]c(=S)[nH]c(=O)c1-c1ccccc1O. The second-order valence-corrected chi connectivity index (χ2v) is 3.62.